The van der Waals surface area contributed by atoms with Crippen LogP contribution in [0.5, 0.6) is 0 Å². The van der Waals surface area contributed by atoms with Crippen molar-refractivity contribution in [3.05, 3.63) is 35.9 Å². The van der Waals surface area contributed by atoms with Crippen molar-refractivity contribution in [3.8, 4) is 0 Å². The minimum absolute atomic E-state index is 0.280. The van der Waals surface area contributed by atoms with Gasteiger partial charge in [-0.2, -0.15) is 0 Å². The van der Waals surface area contributed by atoms with E-state index in [1.165, 1.54) is 0 Å². The van der Waals surface area contributed by atoms with Gasteiger partial charge in [0.2, 0.25) is 0 Å². The Kier molecular flexibility index (Phi) is 3.02. The maximum absolute atomic E-state index is 11.1. The van der Waals surface area contributed by atoms with Crippen LogP contribution < -0.4 is 0 Å². The molecule has 0 amide bonds. The highest BCUT2D eigenvalue weighted by Gasteiger charge is 2.32. The van der Waals surface area contributed by atoms with E-state index in [0.29, 0.717) is 13.0 Å². The number of hydrogen-bond donors (Lipinski definition) is 1. The van der Waals surface area contributed by atoms with Crippen molar-refractivity contribution >= 4 is 5.97 Å². The first-order valence-corrected chi connectivity index (χ1v) is 5.18. The summed E-state index contributed by atoms with van der Waals surface area (Å²) in [7, 11) is 0. The van der Waals surface area contributed by atoms with E-state index < -0.39 is 11.9 Å². The highest BCUT2D eigenvalue weighted by atomic mass is 16.5. The van der Waals surface area contributed by atoms with E-state index >= 15 is 0 Å². The minimum Gasteiger partial charge on any atom is -0.481 e. The van der Waals surface area contributed by atoms with Crippen LogP contribution in [0, 0.1) is 5.92 Å². The van der Waals surface area contributed by atoms with Gasteiger partial charge in [-0.25, -0.2) is 0 Å². The third-order valence-electron chi connectivity index (χ3n) is 2.77. The Hall–Kier alpha value is -1.35. The SMILES string of the molecule is O=C(O)[C@@H]1CCCO[C@H]1c1ccccc1. The summed E-state index contributed by atoms with van der Waals surface area (Å²) in [6.45, 7) is 0.656. The van der Waals surface area contributed by atoms with E-state index in [4.69, 9.17) is 9.84 Å². The largest absolute Gasteiger partial charge is 0.481 e. The van der Waals surface area contributed by atoms with Crippen LogP contribution >= 0.6 is 0 Å². The Morgan fingerprint density at radius 1 is 1.33 bits per heavy atom. The molecule has 1 aliphatic heterocycles. The lowest BCUT2D eigenvalue weighted by Gasteiger charge is -2.29. The molecule has 0 aliphatic carbocycles. The van der Waals surface area contributed by atoms with Gasteiger partial charge in [-0.3, -0.25) is 4.79 Å². The molecule has 80 valence electrons. The third kappa shape index (κ3) is 2.18. The van der Waals surface area contributed by atoms with Gasteiger partial charge >= 0.3 is 5.97 Å². The molecule has 2 rings (SSSR count). The van der Waals surface area contributed by atoms with Gasteiger partial charge in [0.1, 0.15) is 0 Å². The maximum Gasteiger partial charge on any atom is 0.309 e. The number of rotatable bonds is 2. The molecule has 3 heteroatoms. The van der Waals surface area contributed by atoms with Gasteiger partial charge in [0, 0.05) is 6.61 Å². The summed E-state index contributed by atoms with van der Waals surface area (Å²) in [5.41, 5.74) is 0.963. The molecule has 15 heavy (non-hydrogen) atoms. The molecule has 1 aliphatic rings. The lowest BCUT2D eigenvalue weighted by Crippen LogP contribution is -2.28. The monoisotopic (exact) mass is 206 g/mol. The molecule has 1 saturated heterocycles. The number of benzene rings is 1. The van der Waals surface area contributed by atoms with Gasteiger partial charge in [-0.1, -0.05) is 30.3 Å². The Bertz CT molecular complexity index is 334. The second-order valence-electron chi connectivity index (χ2n) is 3.79. The summed E-state index contributed by atoms with van der Waals surface area (Å²) in [4.78, 5) is 11.1. The summed E-state index contributed by atoms with van der Waals surface area (Å²) in [6.07, 6.45) is 1.26. The molecule has 1 heterocycles. The van der Waals surface area contributed by atoms with E-state index in [1.54, 1.807) is 0 Å². The Labute approximate surface area is 88.7 Å². The Balaban J connectivity index is 2.22. The second kappa shape index (κ2) is 4.45. The molecule has 2 atom stereocenters. The van der Waals surface area contributed by atoms with Crippen LogP contribution in [0.2, 0.25) is 0 Å². The minimum atomic E-state index is -0.761. The van der Waals surface area contributed by atoms with Gasteiger partial charge in [0.05, 0.1) is 12.0 Å². The first-order chi connectivity index (χ1) is 7.29. The van der Waals surface area contributed by atoms with Crippen molar-refractivity contribution in [2.45, 2.75) is 18.9 Å². The van der Waals surface area contributed by atoms with Crippen LogP contribution in [-0.4, -0.2) is 17.7 Å². The molecule has 0 radical (unpaired) electrons. The van der Waals surface area contributed by atoms with E-state index in [9.17, 15) is 4.79 Å². The van der Waals surface area contributed by atoms with Crippen molar-refractivity contribution in [3.63, 3.8) is 0 Å². The molecule has 0 unspecified atom stereocenters. The Morgan fingerprint density at radius 2 is 2.07 bits per heavy atom. The highest BCUT2D eigenvalue weighted by Crippen LogP contribution is 2.33. The maximum atomic E-state index is 11.1. The topological polar surface area (TPSA) is 46.5 Å². The smallest absolute Gasteiger partial charge is 0.309 e. The molecule has 0 saturated carbocycles. The summed E-state index contributed by atoms with van der Waals surface area (Å²) in [5, 5.41) is 9.09. The van der Waals surface area contributed by atoms with Crippen molar-refractivity contribution in [2.24, 2.45) is 5.92 Å². The predicted molar refractivity (Wildman–Crippen MR) is 55.5 cm³/mol. The number of hydrogen-bond acceptors (Lipinski definition) is 2. The number of carboxylic acids is 1. The van der Waals surface area contributed by atoms with Gasteiger partial charge in [-0.15, -0.1) is 0 Å². The van der Waals surface area contributed by atoms with Gasteiger partial charge in [-0.05, 0) is 18.4 Å². The van der Waals surface area contributed by atoms with Crippen LogP contribution in [0.3, 0.4) is 0 Å². The predicted octanol–water partition coefficient (Wildman–Crippen LogP) is 2.24. The zero-order chi connectivity index (χ0) is 10.7. The van der Waals surface area contributed by atoms with Crippen LogP contribution in [0.15, 0.2) is 30.3 Å². The van der Waals surface area contributed by atoms with Crippen molar-refractivity contribution < 1.29 is 14.6 Å². The molecule has 1 aromatic rings. The molecule has 0 aromatic heterocycles. The van der Waals surface area contributed by atoms with Crippen LogP contribution in [-0.2, 0) is 9.53 Å². The van der Waals surface area contributed by atoms with Crippen LogP contribution in [0.25, 0.3) is 0 Å². The van der Waals surface area contributed by atoms with E-state index in [1.807, 2.05) is 30.3 Å². The van der Waals surface area contributed by atoms with Gasteiger partial charge in [0.25, 0.3) is 0 Å². The molecule has 0 bridgehead atoms. The number of aliphatic carboxylic acids is 1. The molecular formula is C12H14O3. The van der Waals surface area contributed by atoms with Crippen molar-refractivity contribution in [1.82, 2.24) is 0 Å². The summed E-state index contributed by atoms with van der Waals surface area (Å²) in [6, 6.07) is 9.58. The normalized spacial score (nSPS) is 26.1. The van der Waals surface area contributed by atoms with Gasteiger partial charge < -0.3 is 9.84 Å². The molecule has 0 spiro atoms. The average molecular weight is 206 g/mol. The first-order valence-electron chi connectivity index (χ1n) is 5.18. The molecule has 1 fully saturated rings. The van der Waals surface area contributed by atoms with Crippen LogP contribution in [0.4, 0.5) is 0 Å². The van der Waals surface area contributed by atoms with Crippen molar-refractivity contribution in [1.29, 1.82) is 0 Å². The third-order valence-corrected chi connectivity index (χ3v) is 2.77. The van der Waals surface area contributed by atoms with E-state index in [0.717, 1.165) is 12.0 Å². The molecular weight excluding hydrogens is 192 g/mol. The lowest BCUT2D eigenvalue weighted by molar-refractivity contribution is -0.151. The standard InChI is InChI=1S/C12H14O3/c13-12(14)10-7-4-8-15-11(10)9-5-2-1-3-6-9/h1-3,5-6,10-11H,4,7-8H2,(H,13,14)/t10-,11+/m1/s1. The van der Waals surface area contributed by atoms with Crippen molar-refractivity contribution in [2.75, 3.05) is 6.61 Å². The van der Waals surface area contributed by atoms with Crippen LogP contribution in [0.1, 0.15) is 24.5 Å². The quantitative estimate of drug-likeness (QED) is 0.807. The fraction of sp³-hybridized carbons (Fsp3) is 0.417. The summed E-state index contributed by atoms with van der Waals surface area (Å²) >= 11 is 0. The number of carboxylic acid groups (broad SMARTS) is 1. The molecule has 1 N–H and O–H groups in total. The zero-order valence-electron chi connectivity index (χ0n) is 8.43. The number of carbonyl (C=O) groups is 1. The highest BCUT2D eigenvalue weighted by molar-refractivity contribution is 5.71. The second-order valence-corrected chi connectivity index (χ2v) is 3.79. The summed E-state index contributed by atoms with van der Waals surface area (Å²) < 4.78 is 5.56. The van der Waals surface area contributed by atoms with E-state index in [2.05, 4.69) is 0 Å². The number of ether oxygens (including phenoxy) is 1. The summed E-state index contributed by atoms with van der Waals surface area (Å²) in [5.74, 6) is -1.16. The first kappa shape index (κ1) is 10.2. The Morgan fingerprint density at radius 3 is 2.73 bits per heavy atom. The fourth-order valence-electron chi connectivity index (χ4n) is 2.01. The molecule has 3 nitrogen and oxygen atoms in total. The zero-order valence-corrected chi connectivity index (χ0v) is 8.43. The van der Waals surface area contributed by atoms with E-state index in [-0.39, 0.29) is 6.10 Å². The average Bonchev–Trinajstić information content (AvgIpc) is 2.30. The lowest BCUT2D eigenvalue weighted by atomic mass is 9.90. The fourth-order valence-corrected chi connectivity index (χ4v) is 2.01. The van der Waals surface area contributed by atoms with Gasteiger partial charge in [0.15, 0.2) is 0 Å². The molecule has 1 aromatic carbocycles.